The van der Waals surface area contributed by atoms with Crippen molar-refractivity contribution in [2.24, 2.45) is 5.92 Å². The van der Waals surface area contributed by atoms with Crippen LogP contribution in [0.2, 0.25) is 0 Å². The third kappa shape index (κ3) is 6.38. The first-order valence-electron chi connectivity index (χ1n) is 10.9. The summed E-state index contributed by atoms with van der Waals surface area (Å²) in [4.78, 5) is 15.4. The summed E-state index contributed by atoms with van der Waals surface area (Å²) in [5.41, 5.74) is 0. The van der Waals surface area contributed by atoms with Gasteiger partial charge >= 0.3 is 0 Å². The minimum Gasteiger partial charge on any atom is -0.497 e. The highest BCUT2D eigenvalue weighted by molar-refractivity contribution is 5.77. The van der Waals surface area contributed by atoms with Crippen LogP contribution in [0.1, 0.15) is 32.6 Å². The monoisotopic (exact) mass is 391 g/mol. The summed E-state index contributed by atoms with van der Waals surface area (Å²) >= 11 is 0. The van der Waals surface area contributed by atoms with Gasteiger partial charge in [-0.15, -0.1) is 0 Å². The molecule has 1 aliphatic carbocycles. The summed E-state index contributed by atoms with van der Waals surface area (Å²) in [5.74, 6) is 2.59. The molecular weight excluding hydrogens is 354 g/mol. The van der Waals surface area contributed by atoms with E-state index in [9.17, 15) is 4.79 Å². The lowest BCUT2D eigenvalue weighted by Crippen LogP contribution is -3.28. The molecule has 28 heavy (non-hydrogen) atoms. The van der Waals surface area contributed by atoms with E-state index < -0.39 is 0 Å². The zero-order valence-corrected chi connectivity index (χ0v) is 17.5. The SMILES string of the molecule is COc1ccc(OCC[NH+]2CC[NH+](CC(=O)N[C@H]3CCCC[C@H]3C)CC2)cc1. The molecule has 1 saturated heterocycles. The van der Waals surface area contributed by atoms with Crippen molar-refractivity contribution in [3.05, 3.63) is 24.3 Å². The second-order valence-corrected chi connectivity index (χ2v) is 8.39. The number of ether oxygens (including phenoxy) is 2. The van der Waals surface area contributed by atoms with Gasteiger partial charge in [-0.3, -0.25) is 4.79 Å². The van der Waals surface area contributed by atoms with Gasteiger partial charge in [0.05, 0.1) is 7.11 Å². The molecule has 1 amide bonds. The molecule has 0 bridgehead atoms. The van der Waals surface area contributed by atoms with E-state index >= 15 is 0 Å². The Morgan fingerprint density at radius 3 is 2.36 bits per heavy atom. The Hall–Kier alpha value is -1.79. The molecule has 156 valence electrons. The van der Waals surface area contributed by atoms with Crippen LogP contribution in [0.25, 0.3) is 0 Å². The first kappa shape index (κ1) is 20.9. The fraction of sp³-hybridized carbons (Fsp3) is 0.682. The number of hydrogen-bond donors (Lipinski definition) is 3. The number of benzene rings is 1. The third-order valence-electron chi connectivity index (χ3n) is 6.32. The molecule has 6 nitrogen and oxygen atoms in total. The summed E-state index contributed by atoms with van der Waals surface area (Å²) in [7, 11) is 1.67. The van der Waals surface area contributed by atoms with Crippen LogP contribution in [0, 0.1) is 5.92 Å². The number of carbonyl (C=O) groups excluding carboxylic acids is 1. The maximum absolute atomic E-state index is 12.4. The second kappa shape index (κ2) is 10.7. The quantitative estimate of drug-likeness (QED) is 0.563. The number of hydrogen-bond acceptors (Lipinski definition) is 3. The summed E-state index contributed by atoms with van der Waals surface area (Å²) in [6.45, 7) is 8.95. The minimum absolute atomic E-state index is 0.236. The Morgan fingerprint density at radius 1 is 1.04 bits per heavy atom. The van der Waals surface area contributed by atoms with Crippen LogP contribution in [0.3, 0.4) is 0 Å². The molecule has 1 heterocycles. The average Bonchev–Trinajstić information content (AvgIpc) is 2.71. The highest BCUT2D eigenvalue weighted by Gasteiger charge is 2.27. The fourth-order valence-corrected chi connectivity index (χ4v) is 4.38. The van der Waals surface area contributed by atoms with E-state index in [0.29, 0.717) is 18.5 Å². The Bertz CT molecular complexity index is 600. The van der Waals surface area contributed by atoms with Crippen LogP contribution < -0.4 is 24.6 Å². The van der Waals surface area contributed by atoms with Crippen LogP contribution in [0.4, 0.5) is 0 Å². The van der Waals surface area contributed by atoms with Crippen LogP contribution in [0.15, 0.2) is 24.3 Å². The van der Waals surface area contributed by atoms with Crippen molar-refractivity contribution in [1.82, 2.24) is 5.32 Å². The number of quaternary nitrogens is 2. The van der Waals surface area contributed by atoms with E-state index in [1.807, 2.05) is 24.3 Å². The van der Waals surface area contributed by atoms with Gasteiger partial charge in [0, 0.05) is 6.04 Å². The molecule has 2 atom stereocenters. The van der Waals surface area contributed by atoms with Gasteiger partial charge in [0.1, 0.15) is 50.8 Å². The normalized spacial score (nSPS) is 27.8. The van der Waals surface area contributed by atoms with Crippen molar-refractivity contribution < 1.29 is 24.1 Å². The Labute approximate surface area is 169 Å². The lowest BCUT2D eigenvalue weighted by Gasteiger charge is -2.32. The molecular formula is C22H37N3O3+2. The molecule has 1 saturated carbocycles. The Balaban J connectivity index is 1.30. The maximum Gasteiger partial charge on any atom is 0.275 e. The van der Waals surface area contributed by atoms with Crippen molar-refractivity contribution in [1.29, 1.82) is 0 Å². The third-order valence-corrected chi connectivity index (χ3v) is 6.32. The minimum atomic E-state index is 0.236. The van der Waals surface area contributed by atoms with Gasteiger partial charge < -0.3 is 24.6 Å². The molecule has 1 aromatic rings. The summed E-state index contributed by atoms with van der Waals surface area (Å²) in [6, 6.07) is 8.12. The fourth-order valence-electron chi connectivity index (χ4n) is 4.38. The number of carbonyl (C=O) groups is 1. The van der Waals surface area contributed by atoms with Gasteiger partial charge in [0.25, 0.3) is 5.91 Å². The molecule has 0 radical (unpaired) electrons. The molecule has 2 fully saturated rings. The van der Waals surface area contributed by atoms with Gasteiger partial charge in [-0.1, -0.05) is 19.8 Å². The number of methoxy groups -OCH3 is 1. The van der Waals surface area contributed by atoms with Crippen molar-refractivity contribution in [3.8, 4) is 11.5 Å². The zero-order chi connectivity index (χ0) is 19.8. The molecule has 0 spiro atoms. The molecule has 1 aromatic carbocycles. The van der Waals surface area contributed by atoms with Crippen LogP contribution in [-0.2, 0) is 4.79 Å². The largest absolute Gasteiger partial charge is 0.497 e. The van der Waals surface area contributed by atoms with Crippen molar-refractivity contribution >= 4 is 5.91 Å². The Kier molecular flexibility index (Phi) is 7.98. The van der Waals surface area contributed by atoms with Crippen molar-refractivity contribution in [2.45, 2.75) is 38.6 Å². The van der Waals surface area contributed by atoms with E-state index in [2.05, 4.69) is 12.2 Å². The maximum atomic E-state index is 12.4. The van der Waals surface area contributed by atoms with Gasteiger partial charge in [0.15, 0.2) is 6.54 Å². The Morgan fingerprint density at radius 2 is 1.68 bits per heavy atom. The average molecular weight is 392 g/mol. The van der Waals surface area contributed by atoms with Crippen LogP contribution in [0.5, 0.6) is 11.5 Å². The molecule has 6 heteroatoms. The summed E-state index contributed by atoms with van der Waals surface area (Å²) < 4.78 is 11.0. The molecule has 3 N–H and O–H groups in total. The van der Waals surface area contributed by atoms with Crippen molar-refractivity contribution in [2.75, 3.05) is 53.0 Å². The summed E-state index contributed by atoms with van der Waals surface area (Å²) in [5, 5.41) is 3.29. The van der Waals surface area contributed by atoms with Crippen LogP contribution in [-0.4, -0.2) is 64.9 Å². The highest BCUT2D eigenvalue weighted by Crippen LogP contribution is 2.23. The van der Waals surface area contributed by atoms with E-state index in [-0.39, 0.29) is 5.91 Å². The lowest BCUT2D eigenvalue weighted by atomic mass is 9.86. The van der Waals surface area contributed by atoms with E-state index in [1.54, 1.807) is 12.0 Å². The van der Waals surface area contributed by atoms with Gasteiger partial charge in [-0.2, -0.15) is 0 Å². The zero-order valence-electron chi connectivity index (χ0n) is 17.5. The molecule has 0 aromatic heterocycles. The first-order chi connectivity index (χ1) is 13.6. The molecule has 1 aliphatic heterocycles. The molecule has 3 rings (SSSR count). The number of nitrogens with one attached hydrogen (secondary N) is 3. The van der Waals surface area contributed by atoms with Gasteiger partial charge in [-0.25, -0.2) is 0 Å². The number of amides is 1. The standard InChI is InChI=1S/C22H35N3O3/c1-18-5-3-4-6-21(18)23-22(26)17-25-13-11-24(12-14-25)15-16-28-20-9-7-19(27-2)8-10-20/h7-10,18,21H,3-6,11-17H2,1-2H3,(H,23,26)/p+2/t18-,21+/m1/s1. The van der Waals surface area contributed by atoms with Crippen molar-refractivity contribution in [3.63, 3.8) is 0 Å². The van der Waals surface area contributed by atoms with Crippen LogP contribution >= 0.6 is 0 Å². The first-order valence-corrected chi connectivity index (χ1v) is 10.9. The number of rotatable bonds is 8. The predicted octanol–water partition coefficient (Wildman–Crippen LogP) is -0.448. The second-order valence-electron chi connectivity index (χ2n) is 8.39. The van der Waals surface area contributed by atoms with Gasteiger partial charge in [-0.05, 0) is 43.0 Å². The van der Waals surface area contributed by atoms with E-state index in [4.69, 9.17) is 9.47 Å². The molecule has 2 aliphatic rings. The highest BCUT2D eigenvalue weighted by atomic mass is 16.5. The molecule has 0 unspecified atom stereocenters. The topological polar surface area (TPSA) is 56.4 Å². The van der Waals surface area contributed by atoms with E-state index in [0.717, 1.165) is 57.3 Å². The lowest BCUT2D eigenvalue weighted by molar-refractivity contribution is -1.01. The number of piperazine rings is 1. The predicted molar refractivity (Wildman–Crippen MR) is 109 cm³/mol. The van der Waals surface area contributed by atoms with Gasteiger partial charge in [0.2, 0.25) is 0 Å². The summed E-state index contributed by atoms with van der Waals surface area (Å²) in [6.07, 6.45) is 4.96. The van der Waals surface area contributed by atoms with E-state index in [1.165, 1.54) is 24.2 Å². The smallest absolute Gasteiger partial charge is 0.275 e.